The van der Waals surface area contributed by atoms with Crippen molar-refractivity contribution in [3.8, 4) is 22.3 Å². The molecule has 0 aromatic heterocycles. The first-order valence-electron chi connectivity index (χ1n) is 8.75. The highest BCUT2D eigenvalue weighted by molar-refractivity contribution is 8.76. The van der Waals surface area contributed by atoms with Gasteiger partial charge in [0.15, 0.2) is 0 Å². The lowest BCUT2D eigenvalue weighted by atomic mass is 10.1. The Balaban J connectivity index is 1.42. The topological polar surface area (TPSA) is 0 Å². The molecular formula is C24H16F2S2. The van der Waals surface area contributed by atoms with Gasteiger partial charge in [0.05, 0.1) is 0 Å². The number of halogens is 2. The van der Waals surface area contributed by atoms with Crippen LogP contribution in [0.25, 0.3) is 22.3 Å². The quantitative estimate of drug-likeness (QED) is 0.307. The van der Waals surface area contributed by atoms with E-state index in [9.17, 15) is 8.78 Å². The number of hydrogen-bond acceptors (Lipinski definition) is 2. The number of hydrogen-bond donors (Lipinski definition) is 0. The molecule has 0 aliphatic carbocycles. The van der Waals surface area contributed by atoms with Gasteiger partial charge in [-0.25, -0.2) is 8.78 Å². The molecule has 0 radical (unpaired) electrons. The van der Waals surface area contributed by atoms with Crippen LogP contribution in [0.4, 0.5) is 8.78 Å². The van der Waals surface area contributed by atoms with Gasteiger partial charge in [-0.15, -0.1) is 0 Å². The van der Waals surface area contributed by atoms with Crippen LogP contribution in [0.15, 0.2) is 107 Å². The van der Waals surface area contributed by atoms with Gasteiger partial charge in [-0.3, -0.25) is 0 Å². The van der Waals surface area contributed by atoms with Gasteiger partial charge in [0.1, 0.15) is 11.6 Å². The van der Waals surface area contributed by atoms with E-state index in [0.29, 0.717) is 11.1 Å². The molecule has 0 heterocycles. The van der Waals surface area contributed by atoms with Crippen LogP contribution in [0, 0.1) is 11.6 Å². The molecule has 4 aromatic carbocycles. The summed E-state index contributed by atoms with van der Waals surface area (Å²) in [6, 6.07) is 29.3. The van der Waals surface area contributed by atoms with E-state index in [0.717, 1.165) is 20.9 Å². The van der Waals surface area contributed by atoms with Crippen molar-refractivity contribution in [3.05, 3.63) is 109 Å². The van der Waals surface area contributed by atoms with Crippen LogP contribution in [0.1, 0.15) is 0 Å². The predicted molar refractivity (Wildman–Crippen MR) is 115 cm³/mol. The fraction of sp³-hybridized carbons (Fsp3) is 0. The van der Waals surface area contributed by atoms with Gasteiger partial charge in [-0.05, 0) is 47.5 Å². The van der Waals surface area contributed by atoms with Gasteiger partial charge in [0.2, 0.25) is 0 Å². The maximum absolute atomic E-state index is 13.9. The van der Waals surface area contributed by atoms with Crippen LogP contribution in [0.3, 0.4) is 0 Å². The molecule has 0 nitrogen and oxygen atoms in total. The smallest absolute Gasteiger partial charge is 0.131 e. The second-order valence-electron chi connectivity index (χ2n) is 6.18. The first kappa shape index (κ1) is 18.8. The van der Waals surface area contributed by atoms with Crippen LogP contribution in [-0.2, 0) is 0 Å². The summed E-state index contributed by atoms with van der Waals surface area (Å²) in [7, 11) is 3.27. The van der Waals surface area contributed by atoms with E-state index in [-0.39, 0.29) is 11.6 Å². The standard InChI is InChI=1S/C24H16F2S2/c25-23-7-3-1-5-21(23)17-9-13-19(14-10-17)27-28-20-15-11-18(12-16-20)22-6-2-4-8-24(22)26/h1-16H. The largest absolute Gasteiger partial charge is 0.206 e. The minimum absolute atomic E-state index is 0.216. The van der Waals surface area contributed by atoms with E-state index in [1.54, 1.807) is 45.9 Å². The SMILES string of the molecule is Fc1ccccc1-c1ccc(SSc2ccc(-c3ccccc3F)cc2)cc1. The summed E-state index contributed by atoms with van der Waals surface area (Å²) in [6.07, 6.45) is 0. The summed E-state index contributed by atoms with van der Waals surface area (Å²) in [5.41, 5.74) is 2.94. The Morgan fingerprint density at radius 3 is 1.14 bits per heavy atom. The first-order chi connectivity index (χ1) is 13.7. The third-order valence-electron chi connectivity index (χ3n) is 4.31. The molecule has 0 amide bonds. The van der Waals surface area contributed by atoms with Crippen LogP contribution in [0.2, 0.25) is 0 Å². The second kappa shape index (κ2) is 8.63. The van der Waals surface area contributed by atoms with Gasteiger partial charge < -0.3 is 0 Å². The molecule has 0 bridgehead atoms. The molecule has 0 atom stereocenters. The normalized spacial score (nSPS) is 10.8. The summed E-state index contributed by atoms with van der Waals surface area (Å²) >= 11 is 0. The predicted octanol–water partition coefficient (Wildman–Crippen LogP) is 8.10. The highest BCUT2D eigenvalue weighted by Gasteiger charge is 2.06. The molecule has 138 valence electrons. The van der Waals surface area contributed by atoms with Crippen molar-refractivity contribution in [1.29, 1.82) is 0 Å². The fourth-order valence-corrected chi connectivity index (χ4v) is 4.80. The molecule has 0 saturated carbocycles. The monoisotopic (exact) mass is 406 g/mol. The molecular weight excluding hydrogens is 390 g/mol. The molecule has 0 fully saturated rings. The van der Waals surface area contributed by atoms with Crippen LogP contribution >= 0.6 is 21.6 Å². The molecule has 4 aromatic rings. The zero-order valence-corrected chi connectivity index (χ0v) is 16.4. The van der Waals surface area contributed by atoms with Crippen molar-refractivity contribution in [1.82, 2.24) is 0 Å². The third kappa shape index (κ3) is 4.29. The molecule has 0 aliphatic rings. The van der Waals surface area contributed by atoms with Crippen LogP contribution in [0.5, 0.6) is 0 Å². The van der Waals surface area contributed by atoms with Crippen LogP contribution in [-0.4, -0.2) is 0 Å². The molecule has 4 heteroatoms. The summed E-state index contributed by atoms with van der Waals surface area (Å²) in [5.74, 6) is -0.431. The number of benzene rings is 4. The lowest BCUT2D eigenvalue weighted by Gasteiger charge is -2.07. The molecule has 0 spiro atoms. The van der Waals surface area contributed by atoms with Gasteiger partial charge >= 0.3 is 0 Å². The third-order valence-corrected chi connectivity index (χ3v) is 6.73. The summed E-state index contributed by atoms with van der Waals surface area (Å²) < 4.78 is 27.8. The van der Waals surface area contributed by atoms with E-state index in [1.165, 1.54) is 12.1 Å². The van der Waals surface area contributed by atoms with Gasteiger partial charge in [0.25, 0.3) is 0 Å². The van der Waals surface area contributed by atoms with Gasteiger partial charge in [-0.2, -0.15) is 0 Å². The van der Waals surface area contributed by atoms with E-state index in [1.807, 2.05) is 60.7 Å². The van der Waals surface area contributed by atoms with E-state index in [2.05, 4.69) is 0 Å². The van der Waals surface area contributed by atoms with Crippen molar-refractivity contribution in [2.45, 2.75) is 9.79 Å². The average Bonchev–Trinajstić information content (AvgIpc) is 2.74. The van der Waals surface area contributed by atoms with Gasteiger partial charge in [-0.1, -0.05) is 82.3 Å². The van der Waals surface area contributed by atoms with Crippen molar-refractivity contribution < 1.29 is 8.78 Å². The first-order valence-corrected chi connectivity index (χ1v) is 10.9. The highest BCUT2D eigenvalue weighted by Crippen LogP contribution is 2.39. The van der Waals surface area contributed by atoms with Crippen LogP contribution < -0.4 is 0 Å². The van der Waals surface area contributed by atoms with E-state index < -0.39 is 0 Å². The second-order valence-corrected chi connectivity index (χ2v) is 8.45. The maximum Gasteiger partial charge on any atom is 0.131 e. The van der Waals surface area contributed by atoms with Crippen molar-refractivity contribution in [2.24, 2.45) is 0 Å². The molecule has 4 rings (SSSR count). The zero-order chi connectivity index (χ0) is 19.3. The summed E-state index contributed by atoms with van der Waals surface area (Å²) in [6.45, 7) is 0. The molecule has 0 saturated heterocycles. The summed E-state index contributed by atoms with van der Waals surface area (Å²) in [4.78, 5) is 2.17. The lowest BCUT2D eigenvalue weighted by Crippen LogP contribution is -1.83. The van der Waals surface area contributed by atoms with Crippen molar-refractivity contribution in [2.75, 3.05) is 0 Å². The average molecular weight is 407 g/mol. The Morgan fingerprint density at radius 2 is 0.786 bits per heavy atom. The summed E-state index contributed by atoms with van der Waals surface area (Å²) in [5, 5.41) is 0. The lowest BCUT2D eigenvalue weighted by molar-refractivity contribution is 0.631. The molecule has 28 heavy (non-hydrogen) atoms. The Kier molecular flexibility index (Phi) is 5.79. The van der Waals surface area contributed by atoms with Crippen molar-refractivity contribution >= 4 is 21.6 Å². The fourth-order valence-electron chi connectivity index (χ4n) is 2.87. The molecule has 0 N–H and O–H groups in total. The molecule has 0 unspecified atom stereocenters. The van der Waals surface area contributed by atoms with E-state index >= 15 is 0 Å². The van der Waals surface area contributed by atoms with Crippen molar-refractivity contribution in [3.63, 3.8) is 0 Å². The Labute approximate surface area is 171 Å². The Hall–Kier alpha value is -2.56. The maximum atomic E-state index is 13.9. The minimum atomic E-state index is -0.216. The Bertz CT molecular complexity index is 985. The minimum Gasteiger partial charge on any atom is -0.206 e. The Morgan fingerprint density at radius 1 is 0.429 bits per heavy atom. The van der Waals surface area contributed by atoms with Gasteiger partial charge in [0, 0.05) is 20.9 Å². The number of rotatable bonds is 5. The van der Waals surface area contributed by atoms with E-state index in [4.69, 9.17) is 0 Å². The zero-order valence-electron chi connectivity index (χ0n) is 14.8. The highest BCUT2D eigenvalue weighted by atomic mass is 33.1. The molecule has 0 aliphatic heterocycles.